The second-order valence-electron chi connectivity index (χ2n) is 9.07. The summed E-state index contributed by atoms with van der Waals surface area (Å²) in [5.41, 5.74) is 4.50. The number of anilines is 1. The smallest absolute Gasteiger partial charge is 0.256 e. The van der Waals surface area contributed by atoms with Gasteiger partial charge in [-0.15, -0.1) is 0 Å². The molecule has 37 heavy (non-hydrogen) atoms. The minimum Gasteiger partial charge on any atom is -0.358 e. The highest BCUT2D eigenvalue weighted by molar-refractivity contribution is 7.89. The van der Waals surface area contributed by atoms with Crippen molar-refractivity contribution in [2.75, 3.05) is 25.5 Å². The highest BCUT2D eigenvalue weighted by Gasteiger charge is 2.28. The molecule has 2 heterocycles. The number of hydrogen-bond acceptors (Lipinski definition) is 5. The highest BCUT2D eigenvalue weighted by atomic mass is 32.2. The third-order valence-electron chi connectivity index (χ3n) is 6.11. The van der Waals surface area contributed by atoms with Crippen molar-refractivity contribution in [2.45, 2.75) is 31.7 Å². The van der Waals surface area contributed by atoms with Gasteiger partial charge in [-0.1, -0.05) is 44.2 Å². The zero-order valence-corrected chi connectivity index (χ0v) is 22.0. The van der Waals surface area contributed by atoms with Gasteiger partial charge in [0.15, 0.2) is 0 Å². The van der Waals surface area contributed by atoms with E-state index in [2.05, 4.69) is 25.7 Å². The molecule has 0 saturated heterocycles. The number of carbonyl (C=O) groups excluding carboxylic acids is 2. The number of sulfonamides is 1. The molecule has 1 aliphatic rings. The van der Waals surface area contributed by atoms with Crippen LogP contribution in [-0.2, 0) is 14.8 Å². The molecule has 2 aromatic carbocycles. The first kappa shape index (κ1) is 26.3. The van der Waals surface area contributed by atoms with Crippen LogP contribution in [0.2, 0.25) is 0 Å². The van der Waals surface area contributed by atoms with E-state index in [1.807, 2.05) is 51.1 Å². The van der Waals surface area contributed by atoms with Crippen molar-refractivity contribution in [3.8, 4) is 11.1 Å². The summed E-state index contributed by atoms with van der Waals surface area (Å²) >= 11 is 0. The molecule has 0 atom stereocenters. The van der Waals surface area contributed by atoms with E-state index >= 15 is 0 Å². The normalized spacial score (nSPS) is 14.2. The lowest BCUT2D eigenvalue weighted by molar-refractivity contribution is -0.110. The molecule has 0 aliphatic carbocycles. The molecule has 0 fully saturated rings. The van der Waals surface area contributed by atoms with E-state index < -0.39 is 10.0 Å². The number of nitrogens with one attached hydrogen (secondary N) is 5. The van der Waals surface area contributed by atoms with Gasteiger partial charge in [0, 0.05) is 47.3 Å². The van der Waals surface area contributed by atoms with Crippen molar-refractivity contribution in [1.29, 1.82) is 0 Å². The topological polar surface area (TPSA) is 132 Å². The molecule has 4 rings (SSSR count). The van der Waals surface area contributed by atoms with Crippen molar-refractivity contribution < 1.29 is 18.0 Å². The van der Waals surface area contributed by atoms with Crippen molar-refractivity contribution in [3.63, 3.8) is 0 Å². The molecular formula is C27H31N5O4S. The molecule has 2 amide bonds. The number of carbonyl (C=O) groups is 2. The van der Waals surface area contributed by atoms with Crippen molar-refractivity contribution in [1.82, 2.24) is 20.3 Å². The lowest BCUT2D eigenvalue weighted by atomic mass is 9.97. The van der Waals surface area contributed by atoms with Crippen LogP contribution in [0.3, 0.4) is 0 Å². The van der Waals surface area contributed by atoms with Gasteiger partial charge in [0.1, 0.15) is 0 Å². The number of benzene rings is 2. The minimum atomic E-state index is -3.70. The molecule has 0 saturated carbocycles. The first-order valence-corrected chi connectivity index (χ1v) is 13.5. The van der Waals surface area contributed by atoms with Crippen LogP contribution in [0, 0.1) is 6.92 Å². The number of H-pyrrole nitrogens is 1. The summed E-state index contributed by atoms with van der Waals surface area (Å²) in [6, 6.07) is 14.3. The number of aryl methyl sites for hydroxylation is 1. The Kier molecular flexibility index (Phi) is 7.63. The summed E-state index contributed by atoms with van der Waals surface area (Å²) in [6.07, 6.45) is 1.67. The average Bonchev–Trinajstić information content (AvgIpc) is 3.37. The lowest BCUT2D eigenvalue weighted by Gasteiger charge is -2.11. The number of rotatable bonds is 9. The van der Waals surface area contributed by atoms with Gasteiger partial charge in [-0.05, 0) is 43.8 Å². The minimum absolute atomic E-state index is 0.0529. The van der Waals surface area contributed by atoms with E-state index in [0.717, 1.165) is 5.56 Å². The maximum Gasteiger partial charge on any atom is 0.256 e. The van der Waals surface area contributed by atoms with Crippen LogP contribution >= 0.6 is 0 Å². The largest absolute Gasteiger partial charge is 0.358 e. The molecule has 0 bridgehead atoms. The van der Waals surface area contributed by atoms with E-state index in [0.29, 0.717) is 58.5 Å². The molecule has 1 aromatic heterocycles. The predicted molar refractivity (Wildman–Crippen MR) is 146 cm³/mol. The van der Waals surface area contributed by atoms with Gasteiger partial charge in [0.2, 0.25) is 10.0 Å². The molecule has 194 valence electrons. The van der Waals surface area contributed by atoms with Gasteiger partial charge in [-0.25, -0.2) is 13.1 Å². The van der Waals surface area contributed by atoms with E-state index in [1.54, 1.807) is 12.1 Å². The van der Waals surface area contributed by atoms with Crippen LogP contribution in [0.5, 0.6) is 0 Å². The SMILES string of the molecule is CNS(=O)(=O)c1ccc2c(c1)/C(=C/c1[nH]c(C)c(C(=O)NCCNC(C)C)c1-c1ccccc1)C(=O)N2. The van der Waals surface area contributed by atoms with Crippen LogP contribution in [0.1, 0.15) is 41.2 Å². The molecule has 0 radical (unpaired) electrons. The lowest BCUT2D eigenvalue weighted by Crippen LogP contribution is -2.34. The Balaban J connectivity index is 1.80. The van der Waals surface area contributed by atoms with E-state index in [9.17, 15) is 18.0 Å². The maximum absolute atomic E-state index is 13.3. The van der Waals surface area contributed by atoms with Crippen LogP contribution < -0.4 is 20.7 Å². The zero-order valence-electron chi connectivity index (χ0n) is 21.2. The highest BCUT2D eigenvalue weighted by Crippen LogP contribution is 2.38. The van der Waals surface area contributed by atoms with Gasteiger partial charge >= 0.3 is 0 Å². The van der Waals surface area contributed by atoms with Crippen molar-refractivity contribution in [2.24, 2.45) is 0 Å². The van der Waals surface area contributed by atoms with Crippen molar-refractivity contribution >= 4 is 39.2 Å². The number of fused-ring (bicyclic) bond motifs is 1. The molecule has 0 unspecified atom stereocenters. The number of aromatic amines is 1. The Morgan fingerprint density at radius 3 is 2.49 bits per heavy atom. The zero-order chi connectivity index (χ0) is 26.7. The predicted octanol–water partition coefficient (Wildman–Crippen LogP) is 3.12. The Labute approximate surface area is 216 Å². The first-order valence-electron chi connectivity index (χ1n) is 12.0. The Morgan fingerprint density at radius 1 is 1.08 bits per heavy atom. The molecule has 0 spiro atoms. The van der Waals surface area contributed by atoms with Crippen LogP contribution in [0.15, 0.2) is 53.4 Å². The van der Waals surface area contributed by atoms with E-state index in [4.69, 9.17) is 0 Å². The molecular weight excluding hydrogens is 490 g/mol. The van der Waals surface area contributed by atoms with E-state index in [-0.39, 0.29) is 16.7 Å². The van der Waals surface area contributed by atoms with Crippen LogP contribution in [-0.4, -0.2) is 51.4 Å². The standard InChI is InChI=1S/C27H31N5O4S/c1-16(2)29-12-13-30-27(34)24-17(3)31-23(25(24)18-8-6-5-7-9-18)15-21-20-14-19(37(35,36)28-4)10-11-22(20)32-26(21)33/h5-11,14-16,28-29,31H,12-13H2,1-4H3,(H,30,34)(H,32,33)/b21-15-. The first-order chi connectivity index (χ1) is 17.6. The third-order valence-corrected chi connectivity index (χ3v) is 7.52. The summed E-state index contributed by atoms with van der Waals surface area (Å²) < 4.78 is 27.0. The number of hydrogen-bond donors (Lipinski definition) is 5. The van der Waals surface area contributed by atoms with E-state index in [1.165, 1.54) is 19.2 Å². The third kappa shape index (κ3) is 5.51. The number of aromatic nitrogens is 1. The summed E-state index contributed by atoms with van der Waals surface area (Å²) in [5.74, 6) is -0.576. The van der Waals surface area contributed by atoms with Gasteiger partial charge in [-0.3, -0.25) is 9.59 Å². The fraction of sp³-hybridized carbons (Fsp3) is 0.259. The monoisotopic (exact) mass is 521 g/mol. The second-order valence-corrected chi connectivity index (χ2v) is 11.0. The fourth-order valence-corrected chi connectivity index (χ4v) is 5.07. The van der Waals surface area contributed by atoms with Gasteiger partial charge in [-0.2, -0.15) is 0 Å². The summed E-state index contributed by atoms with van der Waals surface area (Å²) in [4.78, 5) is 29.5. The fourth-order valence-electron chi connectivity index (χ4n) is 4.31. The molecule has 1 aliphatic heterocycles. The Morgan fingerprint density at radius 2 is 1.81 bits per heavy atom. The summed E-state index contributed by atoms with van der Waals surface area (Å²) in [6.45, 7) is 7.00. The number of amides is 2. The summed E-state index contributed by atoms with van der Waals surface area (Å²) in [7, 11) is -2.36. The molecule has 10 heteroatoms. The van der Waals surface area contributed by atoms with Crippen molar-refractivity contribution in [3.05, 3.63) is 71.0 Å². The molecule has 3 aromatic rings. The Hall–Kier alpha value is -3.73. The molecule has 5 N–H and O–H groups in total. The van der Waals surface area contributed by atoms with Crippen LogP contribution in [0.25, 0.3) is 22.8 Å². The quantitative estimate of drug-likeness (QED) is 0.218. The summed E-state index contributed by atoms with van der Waals surface area (Å²) in [5, 5.41) is 9.04. The van der Waals surface area contributed by atoms with Crippen LogP contribution in [0.4, 0.5) is 5.69 Å². The molecule has 9 nitrogen and oxygen atoms in total. The second kappa shape index (κ2) is 10.7. The van der Waals surface area contributed by atoms with Gasteiger partial charge < -0.3 is 20.9 Å². The van der Waals surface area contributed by atoms with Gasteiger partial charge in [0.25, 0.3) is 11.8 Å². The van der Waals surface area contributed by atoms with Gasteiger partial charge in [0.05, 0.1) is 16.0 Å². The Bertz CT molecular complexity index is 1470. The average molecular weight is 522 g/mol. The maximum atomic E-state index is 13.3.